The zero-order chi connectivity index (χ0) is 18.7. The third-order valence-electron chi connectivity index (χ3n) is 3.68. The monoisotopic (exact) mass is 372 g/mol. The quantitative estimate of drug-likeness (QED) is 0.691. The number of aromatic nitrogens is 1. The van der Waals surface area contributed by atoms with Gasteiger partial charge >= 0.3 is 5.97 Å². The zero-order valence-corrected chi connectivity index (χ0v) is 15.2. The van der Waals surface area contributed by atoms with E-state index in [1.54, 1.807) is 36.4 Å². The third kappa shape index (κ3) is 3.31. The lowest BCUT2D eigenvalue weighted by Gasteiger charge is -2.11. The molecule has 8 heteroatoms. The highest BCUT2D eigenvalue weighted by Crippen LogP contribution is 2.31. The molecular formula is C18H16N2O5S. The highest BCUT2D eigenvalue weighted by Gasteiger charge is 2.20. The average Bonchev–Trinajstić information content (AvgIpc) is 3.07. The summed E-state index contributed by atoms with van der Waals surface area (Å²) in [6.07, 6.45) is 0. The Morgan fingerprint density at radius 3 is 2.35 bits per heavy atom. The number of esters is 1. The van der Waals surface area contributed by atoms with Gasteiger partial charge in [-0.05, 0) is 30.3 Å². The number of anilines is 1. The fraction of sp³-hybridized carbons (Fsp3) is 0.167. The summed E-state index contributed by atoms with van der Waals surface area (Å²) in [5.41, 5.74) is 1.38. The molecule has 26 heavy (non-hydrogen) atoms. The van der Waals surface area contributed by atoms with Crippen LogP contribution in [0.2, 0.25) is 0 Å². The maximum atomic E-state index is 12.7. The number of thiazole rings is 1. The molecule has 0 bridgehead atoms. The summed E-state index contributed by atoms with van der Waals surface area (Å²) in [5.74, 6) is -0.0249. The smallest absolute Gasteiger partial charge is 0.337 e. The second kappa shape index (κ2) is 7.40. The van der Waals surface area contributed by atoms with Gasteiger partial charge in [-0.15, -0.1) is 0 Å². The van der Waals surface area contributed by atoms with E-state index in [1.165, 1.54) is 32.7 Å². The molecule has 1 heterocycles. The number of hydrogen-bond acceptors (Lipinski definition) is 7. The molecule has 0 atom stereocenters. The molecule has 0 fully saturated rings. The largest absolute Gasteiger partial charge is 0.496 e. The summed E-state index contributed by atoms with van der Waals surface area (Å²) in [6.45, 7) is 0. The minimum Gasteiger partial charge on any atom is -0.496 e. The van der Waals surface area contributed by atoms with Crippen molar-refractivity contribution in [3.63, 3.8) is 0 Å². The number of amides is 1. The average molecular weight is 372 g/mol. The van der Waals surface area contributed by atoms with Crippen molar-refractivity contribution in [3.8, 4) is 11.5 Å². The van der Waals surface area contributed by atoms with Crippen LogP contribution in [0.3, 0.4) is 0 Å². The molecule has 0 saturated carbocycles. The van der Waals surface area contributed by atoms with Crippen LogP contribution in [-0.2, 0) is 4.74 Å². The summed E-state index contributed by atoms with van der Waals surface area (Å²) in [4.78, 5) is 28.7. The predicted molar refractivity (Wildman–Crippen MR) is 98.5 cm³/mol. The number of ether oxygens (including phenoxy) is 3. The molecule has 3 aromatic rings. The van der Waals surface area contributed by atoms with Crippen LogP contribution in [-0.4, -0.2) is 38.2 Å². The van der Waals surface area contributed by atoms with Crippen LogP contribution in [0.15, 0.2) is 36.4 Å². The van der Waals surface area contributed by atoms with Crippen LogP contribution in [0.25, 0.3) is 10.2 Å². The van der Waals surface area contributed by atoms with E-state index in [9.17, 15) is 9.59 Å². The highest BCUT2D eigenvalue weighted by molar-refractivity contribution is 7.22. The second-order valence-corrected chi connectivity index (χ2v) is 6.22. The van der Waals surface area contributed by atoms with Gasteiger partial charge in [0.15, 0.2) is 5.13 Å². The number of carbonyl (C=O) groups is 2. The maximum Gasteiger partial charge on any atom is 0.337 e. The first-order valence-electron chi connectivity index (χ1n) is 7.58. The molecule has 134 valence electrons. The van der Waals surface area contributed by atoms with Crippen molar-refractivity contribution in [1.29, 1.82) is 0 Å². The summed E-state index contributed by atoms with van der Waals surface area (Å²) < 4.78 is 16.0. The topological polar surface area (TPSA) is 86.8 Å². The Morgan fingerprint density at radius 1 is 1.04 bits per heavy atom. The number of fused-ring (bicyclic) bond motifs is 1. The minimum absolute atomic E-state index is 0.284. The van der Waals surface area contributed by atoms with Gasteiger partial charge in [-0.1, -0.05) is 17.4 Å². The molecular weight excluding hydrogens is 356 g/mol. The molecule has 0 radical (unpaired) electrons. The SMILES string of the molecule is COC(=O)c1ccc2nc(NC(=O)c3c(OC)cccc3OC)sc2c1. The van der Waals surface area contributed by atoms with Crippen molar-refractivity contribution in [3.05, 3.63) is 47.5 Å². The van der Waals surface area contributed by atoms with Crippen molar-refractivity contribution in [2.45, 2.75) is 0 Å². The van der Waals surface area contributed by atoms with Gasteiger partial charge in [-0.3, -0.25) is 10.1 Å². The molecule has 1 amide bonds. The Balaban J connectivity index is 1.92. The van der Waals surface area contributed by atoms with Gasteiger partial charge in [-0.2, -0.15) is 0 Å². The molecule has 0 aliphatic heterocycles. The lowest BCUT2D eigenvalue weighted by molar-refractivity contribution is 0.0601. The maximum absolute atomic E-state index is 12.7. The Kier molecular flexibility index (Phi) is 5.04. The Hall–Kier alpha value is -3.13. The van der Waals surface area contributed by atoms with Gasteiger partial charge in [-0.25, -0.2) is 9.78 Å². The fourth-order valence-electron chi connectivity index (χ4n) is 2.46. The van der Waals surface area contributed by atoms with Crippen molar-refractivity contribution in [1.82, 2.24) is 4.98 Å². The van der Waals surface area contributed by atoms with E-state index in [-0.39, 0.29) is 5.56 Å². The first kappa shape index (κ1) is 17.7. The number of hydrogen-bond donors (Lipinski definition) is 1. The number of nitrogens with zero attached hydrogens (tertiary/aromatic N) is 1. The Morgan fingerprint density at radius 2 is 1.73 bits per heavy atom. The number of methoxy groups -OCH3 is 3. The fourth-order valence-corrected chi connectivity index (χ4v) is 3.36. The highest BCUT2D eigenvalue weighted by atomic mass is 32.1. The van der Waals surface area contributed by atoms with Crippen LogP contribution in [0.5, 0.6) is 11.5 Å². The van der Waals surface area contributed by atoms with Crippen LogP contribution >= 0.6 is 11.3 Å². The molecule has 2 aromatic carbocycles. The van der Waals surface area contributed by atoms with Gasteiger partial charge in [0.1, 0.15) is 17.1 Å². The van der Waals surface area contributed by atoms with E-state index in [0.29, 0.717) is 27.7 Å². The van der Waals surface area contributed by atoms with E-state index >= 15 is 0 Å². The van der Waals surface area contributed by atoms with Crippen LogP contribution in [0.1, 0.15) is 20.7 Å². The summed E-state index contributed by atoms with van der Waals surface area (Å²) in [6, 6.07) is 10.1. The molecule has 0 aliphatic rings. The molecule has 0 unspecified atom stereocenters. The van der Waals surface area contributed by atoms with Crippen molar-refractivity contribution < 1.29 is 23.8 Å². The van der Waals surface area contributed by atoms with E-state index in [4.69, 9.17) is 14.2 Å². The van der Waals surface area contributed by atoms with E-state index < -0.39 is 11.9 Å². The lowest BCUT2D eigenvalue weighted by Crippen LogP contribution is -2.14. The predicted octanol–water partition coefficient (Wildman–Crippen LogP) is 3.35. The standard InChI is InChI=1S/C18H16N2O5S/c1-23-12-5-4-6-13(24-2)15(12)16(21)20-18-19-11-8-7-10(17(22)25-3)9-14(11)26-18/h4-9H,1-3H3,(H,19,20,21). The second-order valence-electron chi connectivity index (χ2n) is 5.18. The Labute approximate surface area is 153 Å². The van der Waals surface area contributed by atoms with E-state index in [0.717, 1.165) is 4.70 Å². The van der Waals surface area contributed by atoms with Crippen LogP contribution in [0.4, 0.5) is 5.13 Å². The van der Waals surface area contributed by atoms with Gasteiger partial charge in [0.2, 0.25) is 0 Å². The van der Waals surface area contributed by atoms with Gasteiger partial charge in [0.05, 0.1) is 37.1 Å². The van der Waals surface area contributed by atoms with Crippen molar-refractivity contribution in [2.75, 3.05) is 26.6 Å². The molecule has 3 rings (SSSR count). The summed E-state index contributed by atoms with van der Waals surface area (Å²) in [7, 11) is 4.29. The normalized spacial score (nSPS) is 10.4. The van der Waals surface area contributed by atoms with Crippen molar-refractivity contribution >= 4 is 38.6 Å². The van der Waals surface area contributed by atoms with E-state index in [1.807, 2.05) is 0 Å². The first-order chi connectivity index (χ1) is 12.6. The van der Waals surface area contributed by atoms with Gasteiger partial charge < -0.3 is 14.2 Å². The molecule has 0 aliphatic carbocycles. The molecule has 0 spiro atoms. The first-order valence-corrected chi connectivity index (χ1v) is 8.40. The molecule has 0 saturated heterocycles. The molecule has 7 nitrogen and oxygen atoms in total. The minimum atomic E-state index is -0.426. The van der Waals surface area contributed by atoms with Crippen LogP contribution < -0.4 is 14.8 Å². The lowest BCUT2D eigenvalue weighted by atomic mass is 10.1. The summed E-state index contributed by atoms with van der Waals surface area (Å²) >= 11 is 1.26. The molecule has 1 N–H and O–H groups in total. The molecule has 1 aromatic heterocycles. The van der Waals surface area contributed by atoms with E-state index in [2.05, 4.69) is 10.3 Å². The third-order valence-corrected chi connectivity index (χ3v) is 4.62. The number of nitrogens with one attached hydrogen (secondary N) is 1. The Bertz CT molecular complexity index is 961. The van der Waals surface area contributed by atoms with Crippen molar-refractivity contribution in [2.24, 2.45) is 0 Å². The number of carbonyl (C=O) groups excluding carboxylic acids is 2. The zero-order valence-electron chi connectivity index (χ0n) is 14.4. The van der Waals surface area contributed by atoms with Crippen LogP contribution in [0, 0.1) is 0 Å². The summed E-state index contributed by atoms with van der Waals surface area (Å²) in [5, 5.41) is 3.15. The number of benzene rings is 2. The van der Waals surface area contributed by atoms with Gasteiger partial charge in [0.25, 0.3) is 5.91 Å². The number of rotatable bonds is 5. The van der Waals surface area contributed by atoms with Gasteiger partial charge in [0, 0.05) is 0 Å².